The predicted molar refractivity (Wildman–Crippen MR) is 76.5 cm³/mol. The van der Waals surface area contributed by atoms with E-state index in [0.717, 1.165) is 25.9 Å². The van der Waals surface area contributed by atoms with E-state index in [2.05, 4.69) is 13.8 Å². The standard InChI is InChI=1S/C15H26N2O3/c1-4-15(12(18)19)7-10-17(11-15)13(20)16-8-5-14(2,3)6-9-16/h4-11H2,1-3H3,(H,18,19). The van der Waals surface area contributed by atoms with Crippen LogP contribution < -0.4 is 0 Å². The van der Waals surface area contributed by atoms with Crippen molar-refractivity contribution in [2.24, 2.45) is 10.8 Å². The number of amides is 2. The number of aliphatic carboxylic acids is 1. The molecule has 0 spiro atoms. The first-order chi connectivity index (χ1) is 9.30. The minimum Gasteiger partial charge on any atom is -0.481 e. The van der Waals surface area contributed by atoms with Gasteiger partial charge >= 0.3 is 12.0 Å². The molecule has 0 radical (unpaired) electrons. The van der Waals surface area contributed by atoms with E-state index in [-0.39, 0.29) is 6.03 Å². The van der Waals surface area contributed by atoms with Crippen LogP contribution in [0.1, 0.15) is 46.5 Å². The third kappa shape index (κ3) is 2.76. The lowest BCUT2D eigenvalue weighted by Crippen LogP contribution is -2.48. The monoisotopic (exact) mass is 282 g/mol. The molecule has 1 unspecified atom stereocenters. The quantitative estimate of drug-likeness (QED) is 0.846. The van der Waals surface area contributed by atoms with Crippen molar-refractivity contribution in [3.63, 3.8) is 0 Å². The van der Waals surface area contributed by atoms with Gasteiger partial charge in [0, 0.05) is 26.2 Å². The Morgan fingerprint density at radius 2 is 1.60 bits per heavy atom. The Morgan fingerprint density at radius 3 is 2.05 bits per heavy atom. The molecule has 1 N–H and O–H groups in total. The van der Waals surface area contributed by atoms with Crippen LogP contribution in [0.15, 0.2) is 0 Å². The molecule has 0 aliphatic carbocycles. The number of rotatable bonds is 2. The molecule has 2 aliphatic rings. The Morgan fingerprint density at radius 1 is 1.05 bits per heavy atom. The first-order valence-corrected chi connectivity index (χ1v) is 7.57. The highest BCUT2D eigenvalue weighted by Gasteiger charge is 2.45. The van der Waals surface area contributed by atoms with Gasteiger partial charge in [-0.05, 0) is 31.1 Å². The third-order valence-corrected chi connectivity index (χ3v) is 5.14. The summed E-state index contributed by atoms with van der Waals surface area (Å²) in [7, 11) is 0. The van der Waals surface area contributed by atoms with Crippen LogP contribution in [0.3, 0.4) is 0 Å². The molecule has 0 saturated carbocycles. The zero-order valence-electron chi connectivity index (χ0n) is 12.8. The van der Waals surface area contributed by atoms with Crippen molar-refractivity contribution in [3.8, 4) is 0 Å². The smallest absolute Gasteiger partial charge is 0.320 e. The van der Waals surface area contributed by atoms with Crippen LogP contribution in [0.5, 0.6) is 0 Å². The fourth-order valence-electron chi connectivity index (χ4n) is 3.15. The number of urea groups is 1. The van der Waals surface area contributed by atoms with Crippen molar-refractivity contribution >= 4 is 12.0 Å². The minimum atomic E-state index is -0.768. The first-order valence-electron chi connectivity index (χ1n) is 7.57. The van der Waals surface area contributed by atoms with Crippen molar-refractivity contribution in [1.29, 1.82) is 0 Å². The fraction of sp³-hybridized carbons (Fsp3) is 0.867. The van der Waals surface area contributed by atoms with Gasteiger partial charge in [0.1, 0.15) is 0 Å². The molecular formula is C15H26N2O3. The van der Waals surface area contributed by atoms with Gasteiger partial charge in [-0.1, -0.05) is 20.8 Å². The lowest BCUT2D eigenvalue weighted by molar-refractivity contribution is -0.148. The van der Waals surface area contributed by atoms with Gasteiger partial charge in [-0.15, -0.1) is 0 Å². The number of carbonyl (C=O) groups excluding carboxylic acids is 1. The topological polar surface area (TPSA) is 60.9 Å². The molecule has 2 rings (SSSR count). The van der Waals surface area contributed by atoms with E-state index in [1.807, 2.05) is 11.8 Å². The number of hydrogen-bond donors (Lipinski definition) is 1. The molecule has 1 atom stereocenters. The summed E-state index contributed by atoms with van der Waals surface area (Å²) in [6, 6.07) is 0.0251. The maximum Gasteiger partial charge on any atom is 0.320 e. The first kappa shape index (κ1) is 15.1. The SMILES string of the molecule is CCC1(C(=O)O)CCN(C(=O)N2CCC(C)(C)CC2)C1. The zero-order chi connectivity index (χ0) is 15.0. The second-order valence-corrected chi connectivity index (χ2v) is 7.04. The molecular weight excluding hydrogens is 256 g/mol. The summed E-state index contributed by atoms with van der Waals surface area (Å²) in [5, 5.41) is 9.39. The van der Waals surface area contributed by atoms with E-state index in [1.165, 1.54) is 0 Å². The van der Waals surface area contributed by atoms with Crippen molar-refractivity contribution < 1.29 is 14.7 Å². The molecule has 2 amide bonds. The molecule has 114 valence electrons. The number of carboxylic acids is 1. The molecule has 2 heterocycles. The van der Waals surface area contributed by atoms with Crippen LogP contribution in [0, 0.1) is 10.8 Å². The van der Waals surface area contributed by atoms with Crippen LogP contribution in [0.2, 0.25) is 0 Å². The number of likely N-dealkylation sites (tertiary alicyclic amines) is 2. The molecule has 0 bridgehead atoms. The highest BCUT2D eigenvalue weighted by Crippen LogP contribution is 2.36. The summed E-state index contributed by atoms with van der Waals surface area (Å²) in [5.41, 5.74) is -0.416. The highest BCUT2D eigenvalue weighted by atomic mass is 16.4. The summed E-state index contributed by atoms with van der Waals surface area (Å²) in [6.07, 6.45) is 3.19. The Labute approximate surface area is 120 Å². The van der Waals surface area contributed by atoms with Crippen LogP contribution in [0.4, 0.5) is 4.79 Å². The van der Waals surface area contributed by atoms with Gasteiger partial charge in [0.05, 0.1) is 5.41 Å². The van der Waals surface area contributed by atoms with Crippen molar-refractivity contribution in [2.75, 3.05) is 26.2 Å². The Hall–Kier alpha value is -1.26. The summed E-state index contributed by atoms with van der Waals surface area (Å²) in [4.78, 5) is 27.5. The zero-order valence-corrected chi connectivity index (χ0v) is 12.8. The Balaban J connectivity index is 1.97. The summed E-state index contributed by atoms with van der Waals surface area (Å²) < 4.78 is 0. The average molecular weight is 282 g/mol. The third-order valence-electron chi connectivity index (χ3n) is 5.14. The molecule has 2 saturated heterocycles. The van der Waals surface area contributed by atoms with Gasteiger partial charge in [0.15, 0.2) is 0 Å². The van der Waals surface area contributed by atoms with E-state index in [0.29, 0.717) is 31.3 Å². The normalized spacial score (nSPS) is 29.6. The maximum absolute atomic E-state index is 12.5. The van der Waals surface area contributed by atoms with Crippen molar-refractivity contribution in [2.45, 2.75) is 46.5 Å². The molecule has 5 nitrogen and oxygen atoms in total. The second kappa shape index (κ2) is 5.26. The number of hydrogen-bond acceptors (Lipinski definition) is 2. The number of piperidine rings is 1. The van der Waals surface area contributed by atoms with Gasteiger partial charge in [0.2, 0.25) is 0 Å². The molecule has 0 aromatic carbocycles. The summed E-state index contributed by atoms with van der Waals surface area (Å²) >= 11 is 0. The summed E-state index contributed by atoms with van der Waals surface area (Å²) in [6.45, 7) is 8.86. The molecule has 0 aromatic heterocycles. The van der Waals surface area contributed by atoms with Gasteiger partial charge in [-0.25, -0.2) is 4.79 Å². The maximum atomic E-state index is 12.5. The van der Waals surface area contributed by atoms with Gasteiger partial charge < -0.3 is 14.9 Å². The second-order valence-electron chi connectivity index (χ2n) is 7.04. The largest absolute Gasteiger partial charge is 0.481 e. The Kier molecular flexibility index (Phi) is 3.98. The van der Waals surface area contributed by atoms with E-state index in [9.17, 15) is 14.7 Å². The summed E-state index contributed by atoms with van der Waals surface area (Å²) in [5.74, 6) is -0.768. The number of carboxylic acid groups (broad SMARTS) is 1. The van der Waals surface area contributed by atoms with Crippen molar-refractivity contribution in [3.05, 3.63) is 0 Å². The van der Waals surface area contributed by atoms with Crippen LogP contribution >= 0.6 is 0 Å². The van der Waals surface area contributed by atoms with Crippen LogP contribution in [0.25, 0.3) is 0 Å². The van der Waals surface area contributed by atoms with Crippen LogP contribution in [-0.4, -0.2) is 53.1 Å². The van der Waals surface area contributed by atoms with Gasteiger partial charge in [0.25, 0.3) is 0 Å². The van der Waals surface area contributed by atoms with Gasteiger partial charge in [-0.2, -0.15) is 0 Å². The molecule has 20 heavy (non-hydrogen) atoms. The highest BCUT2D eigenvalue weighted by molar-refractivity contribution is 5.79. The van der Waals surface area contributed by atoms with E-state index in [1.54, 1.807) is 4.90 Å². The van der Waals surface area contributed by atoms with E-state index < -0.39 is 11.4 Å². The molecule has 5 heteroatoms. The van der Waals surface area contributed by atoms with E-state index >= 15 is 0 Å². The lowest BCUT2D eigenvalue weighted by Gasteiger charge is -2.38. The average Bonchev–Trinajstić information content (AvgIpc) is 2.83. The number of nitrogens with zero attached hydrogens (tertiary/aromatic N) is 2. The fourth-order valence-corrected chi connectivity index (χ4v) is 3.15. The van der Waals surface area contributed by atoms with Gasteiger partial charge in [-0.3, -0.25) is 4.79 Å². The van der Waals surface area contributed by atoms with Crippen molar-refractivity contribution in [1.82, 2.24) is 9.80 Å². The Bertz CT molecular complexity index is 398. The molecule has 0 aromatic rings. The van der Waals surface area contributed by atoms with E-state index in [4.69, 9.17) is 0 Å². The minimum absolute atomic E-state index is 0.0251. The molecule has 2 aliphatic heterocycles. The predicted octanol–water partition coefficient (Wildman–Crippen LogP) is 2.42. The molecule has 2 fully saturated rings. The number of carbonyl (C=O) groups is 2. The lowest BCUT2D eigenvalue weighted by atomic mass is 9.83. The van der Waals surface area contributed by atoms with Crippen LogP contribution in [-0.2, 0) is 4.79 Å².